The summed E-state index contributed by atoms with van der Waals surface area (Å²) in [6.45, 7) is 3.73. The first-order chi connectivity index (χ1) is 17.4. The number of nitro benzene ring substituents is 1. The lowest BCUT2D eigenvalue weighted by molar-refractivity contribution is -0.384. The summed E-state index contributed by atoms with van der Waals surface area (Å²) in [5.74, 6) is 0.915. The predicted octanol–water partition coefficient (Wildman–Crippen LogP) is 4.83. The lowest BCUT2D eigenvalue weighted by Crippen LogP contribution is -2.33. The van der Waals surface area contributed by atoms with Crippen LogP contribution in [-0.2, 0) is 0 Å². The second-order valence-electron chi connectivity index (χ2n) is 8.98. The summed E-state index contributed by atoms with van der Waals surface area (Å²) in [5, 5.41) is 23.6. The van der Waals surface area contributed by atoms with E-state index in [4.69, 9.17) is 4.74 Å². The van der Waals surface area contributed by atoms with E-state index in [1.807, 2.05) is 29.2 Å². The van der Waals surface area contributed by atoms with Crippen LogP contribution >= 0.6 is 0 Å². The molecule has 0 atom stereocenters. The number of hydrogen-bond donors (Lipinski definition) is 1. The molecule has 0 unspecified atom stereocenters. The van der Waals surface area contributed by atoms with Gasteiger partial charge in [-0.2, -0.15) is 4.80 Å². The van der Waals surface area contributed by atoms with E-state index in [9.17, 15) is 14.9 Å². The van der Waals surface area contributed by atoms with Gasteiger partial charge in [-0.1, -0.05) is 6.92 Å². The van der Waals surface area contributed by atoms with Gasteiger partial charge >= 0.3 is 0 Å². The topological polar surface area (TPSA) is 115 Å². The van der Waals surface area contributed by atoms with Crippen LogP contribution in [0.4, 0.5) is 17.1 Å². The summed E-state index contributed by atoms with van der Waals surface area (Å²) in [5.41, 5.74) is 3.27. The normalized spacial score (nSPS) is 14.1. The number of nitrogens with one attached hydrogen (secondary N) is 1. The minimum atomic E-state index is -0.432. The summed E-state index contributed by atoms with van der Waals surface area (Å²) in [4.78, 5) is 27.8. The highest BCUT2D eigenvalue weighted by atomic mass is 16.6. The minimum absolute atomic E-state index is 0.0601. The van der Waals surface area contributed by atoms with Crippen LogP contribution in [-0.4, -0.2) is 46.0 Å². The standard InChI is InChI=1S/C26H26N6O4/c1-17-11-13-30(14-12-17)24-10-3-18(15-25(24)32(34)35)26(33)27-19-4-9-22-23(16-19)29-31(28-22)20-5-7-21(36-2)8-6-20/h3-10,15-17H,11-14H2,1-2H3,(H,27,33). The van der Waals surface area contributed by atoms with Crippen LogP contribution in [0, 0.1) is 16.0 Å². The number of fused-ring (bicyclic) bond motifs is 1. The number of ether oxygens (including phenoxy) is 1. The smallest absolute Gasteiger partial charge is 0.293 e. The Balaban J connectivity index is 1.35. The highest BCUT2D eigenvalue weighted by Crippen LogP contribution is 2.32. The molecule has 5 rings (SSSR count). The molecule has 184 valence electrons. The summed E-state index contributed by atoms with van der Waals surface area (Å²) in [7, 11) is 1.60. The first kappa shape index (κ1) is 23.3. The quantitative estimate of drug-likeness (QED) is 0.307. The fourth-order valence-electron chi connectivity index (χ4n) is 4.35. The Labute approximate surface area is 207 Å². The molecule has 1 aliphatic rings. The van der Waals surface area contributed by atoms with Crippen molar-refractivity contribution in [1.29, 1.82) is 0 Å². The third-order valence-electron chi connectivity index (χ3n) is 6.50. The van der Waals surface area contributed by atoms with Gasteiger partial charge < -0.3 is 15.0 Å². The van der Waals surface area contributed by atoms with Gasteiger partial charge in [-0.3, -0.25) is 14.9 Å². The average molecular weight is 487 g/mol. The Kier molecular flexibility index (Phi) is 6.24. The van der Waals surface area contributed by atoms with Gasteiger partial charge in [-0.15, -0.1) is 10.2 Å². The number of methoxy groups -OCH3 is 1. The van der Waals surface area contributed by atoms with E-state index >= 15 is 0 Å². The van der Waals surface area contributed by atoms with Gasteiger partial charge in [-0.25, -0.2) is 0 Å². The molecule has 0 aliphatic carbocycles. The SMILES string of the molecule is COc1ccc(-n2nc3ccc(NC(=O)c4ccc(N5CCC(C)CC5)c([N+](=O)[O-])c4)cc3n2)cc1. The number of carbonyl (C=O) groups excluding carboxylic acids is 1. The lowest BCUT2D eigenvalue weighted by atomic mass is 9.98. The number of nitrogens with zero attached hydrogens (tertiary/aromatic N) is 5. The zero-order valence-electron chi connectivity index (χ0n) is 20.0. The first-order valence-electron chi connectivity index (χ1n) is 11.8. The molecule has 10 heteroatoms. The van der Waals surface area contributed by atoms with Gasteiger partial charge in [0.15, 0.2) is 0 Å². The lowest BCUT2D eigenvalue weighted by Gasteiger charge is -2.31. The van der Waals surface area contributed by atoms with Crippen LogP contribution in [0.25, 0.3) is 16.7 Å². The second-order valence-corrected chi connectivity index (χ2v) is 8.98. The Hall–Kier alpha value is -4.47. The van der Waals surface area contributed by atoms with Gasteiger partial charge in [0, 0.05) is 30.4 Å². The molecule has 1 N–H and O–H groups in total. The Morgan fingerprint density at radius 2 is 1.75 bits per heavy atom. The Bertz CT molecular complexity index is 1420. The van der Waals surface area contributed by atoms with Gasteiger partial charge in [-0.05, 0) is 73.4 Å². The van der Waals surface area contributed by atoms with E-state index in [1.54, 1.807) is 37.4 Å². The summed E-state index contributed by atoms with van der Waals surface area (Å²) < 4.78 is 5.18. The molecule has 1 aromatic heterocycles. The third kappa shape index (κ3) is 4.70. The number of rotatable bonds is 6. The Morgan fingerprint density at radius 1 is 1.03 bits per heavy atom. The number of benzene rings is 3. The molecule has 1 fully saturated rings. The number of carbonyl (C=O) groups is 1. The van der Waals surface area contributed by atoms with Gasteiger partial charge in [0.05, 0.1) is 17.7 Å². The summed E-state index contributed by atoms with van der Waals surface area (Å²) in [6, 6.07) is 17.2. The number of aromatic nitrogens is 3. The van der Waals surface area contributed by atoms with Crippen molar-refractivity contribution in [2.24, 2.45) is 5.92 Å². The van der Waals surface area contributed by atoms with Crippen LogP contribution < -0.4 is 15.0 Å². The molecule has 2 heterocycles. The predicted molar refractivity (Wildman–Crippen MR) is 137 cm³/mol. The molecule has 0 spiro atoms. The van der Waals surface area contributed by atoms with Crippen LogP contribution in [0.3, 0.4) is 0 Å². The molecule has 1 amide bonds. The molecule has 0 saturated carbocycles. The van der Waals surface area contributed by atoms with E-state index in [0.717, 1.165) is 37.4 Å². The minimum Gasteiger partial charge on any atom is -0.497 e. The molecule has 4 aromatic rings. The second kappa shape index (κ2) is 9.65. The van der Waals surface area contributed by atoms with Crippen molar-refractivity contribution in [2.45, 2.75) is 19.8 Å². The van der Waals surface area contributed by atoms with Gasteiger partial charge in [0.2, 0.25) is 0 Å². The maximum atomic E-state index is 12.9. The fraction of sp³-hybridized carbons (Fsp3) is 0.269. The molecule has 3 aromatic carbocycles. The van der Waals surface area contributed by atoms with Crippen molar-refractivity contribution in [3.63, 3.8) is 0 Å². The number of piperidine rings is 1. The summed E-state index contributed by atoms with van der Waals surface area (Å²) in [6.07, 6.45) is 1.98. The molecule has 1 saturated heterocycles. The number of nitro groups is 1. The molecule has 0 bridgehead atoms. The molecular formula is C26H26N6O4. The highest BCUT2D eigenvalue weighted by Gasteiger charge is 2.25. The van der Waals surface area contributed by atoms with Crippen molar-refractivity contribution in [1.82, 2.24) is 15.0 Å². The molecule has 36 heavy (non-hydrogen) atoms. The molecule has 1 aliphatic heterocycles. The molecule has 0 radical (unpaired) electrons. The average Bonchev–Trinajstić information content (AvgIpc) is 3.32. The van der Waals surface area contributed by atoms with E-state index in [1.165, 1.54) is 10.9 Å². The van der Waals surface area contributed by atoms with Crippen molar-refractivity contribution < 1.29 is 14.5 Å². The molecule has 10 nitrogen and oxygen atoms in total. The van der Waals surface area contributed by atoms with E-state index in [2.05, 4.69) is 22.4 Å². The number of amides is 1. The number of hydrogen-bond acceptors (Lipinski definition) is 7. The molecular weight excluding hydrogens is 460 g/mol. The van der Waals surface area contributed by atoms with Gasteiger partial charge in [0.25, 0.3) is 11.6 Å². The maximum Gasteiger partial charge on any atom is 0.293 e. The van der Waals surface area contributed by atoms with Crippen LogP contribution in [0.5, 0.6) is 5.75 Å². The largest absolute Gasteiger partial charge is 0.497 e. The first-order valence-corrected chi connectivity index (χ1v) is 11.8. The van der Waals surface area contributed by atoms with Crippen LogP contribution in [0.1, 0.15) is 30.1 Å². The van der Waals surface area contributed by atoms with Crippen molar-refractivity contribution >= 4 is 34.0 Å². The van der Waals surface area contributed by atoms with Crippen molar-refractivity contribution in [2.75, 3.05) is 30.4 Å². The van der Waals surface area contributed by atoms with Crippen molar-refractivity contribution in [3.8, 4) is 11.4 Å². The van der Waals surface area contributed by atoms with E-state index < -0.39 is 10.8 Å². The van der Waals surface area contributed by atoms with Gasteiger partial charge in [0.1, 0.15) is 22.5 Å². The number of anilines is 2. The van der Waals surface area contributed by atoms with E-state index in [0.29, 0.717) is 28.3 Å². The van der Waals surface area contributed by atoms with Crippen LogP contribution in [0.15, 0.2) is 60.7 Å². The van der Waals surface area contributed by atoms with Crippen molar-refractivity contribution in [3.05, 3.63) is 76.3 Å². The monoisotopic (exact) mass is 486 g/mol. The third-order valence-corrected chi connectivity index (χ3v) is 6.50. The zero-order chi connectivity index (χ0) is 25.2. The fourth-order valence-corrected chi connectivity index (χ4v) is 4.35. The van der Waals surface area contributed by atoms with E-state index in [-0.39, 0.29) is 11.3 Å². The maximum absolute atomic E-state index is 12.9. The zero-order valence-corrected chi connectivity index (χ0v) is 20.0. The van der Waals surface area contributed by atoms with Crippen LogP contribution in [0.2, 0.25) is 0 Å². The highest BCUT2D eigenvalue weighted by molar-refractivity contribution is 6.05. The summed E-state index contributed by atoms with van der Waals surface area (Å²) >= 11 is 0. The Morgan fingerprint density at radius 3 is 2.44 bits per heavy atom.